The van der Waals surface area contributed by atoms with E-state index in [1.807, 2.05) is 66.7 Å². The number of amides is 1. The van der Waals surface area contributed by atoms with Gasteiger partial charge >= 0.3 is 0 Å². The van der Waals surface area contributed by atoms with Crippen LogP contribution in [0.25, 0.3) is 0 Å². The molecule has 144 valence electrons. The highest BCUT2D eigenvalue weighted by molar-refractivity contribution is 5.78. The van der Waals surface area contributed by atoms with Gasteiger partial charge in [0.15, 0.2) is 0 Å². The predicted octanol–water partition coefficient (Wildman–Crippen LogP) is 3.54. The van der Waals surface area contributed by atoms with Gasteiger partial charge in [-0.3, -0.25) is 9.69 Å². The topological polar surface area (TPSA) is 52.6 Å². The lowest BCUT2D eigenvalue weighted by atomic mass is 10.1. The second-order valence-electron chi connectivity index (χ2n) is 6.83. The smallest absolute Gasteiger partial charge is 0.234 e. The second-order valence-corrected chi connectivity index (χ2v) is 6.83. The van der Waals surface area contributed by atoms with Crippen LogP contribution in [0.5, 0.6) is 0 Å². The normalized spacial score (nSPS) is 11.9. The summed E-state index contributed by atoms with van der Waals surface area (Å²) in [6.07, 6.45) is 0. The van der Waals surface area contributed by atoms with Crippen LogP contribution in [0.1, 0.15) is 22.7 Å². The number of carbonyl (C=O) groups is 1. The lowest BCUT2D eigenvalue weighted by Gasteiger charge is -2.24. The molecule has 0 unspecified atom stereocenters. The molecule has 0 heterocycles. The molecule has 4 heteroatoms. The van der Waals surface area contributed by atoms with Gasteiger partial charge in [0.05, 0.1) is 19.2 Å². The maximum atomic E-state index is 12.7. The number of aliphatic hydroxyl groups excluding tert-OH is 1. The maximum absolute atomic E-state index is 12.7. The molecule has 3 aromatic rings. The molecule has 0 saturated carbocycles. The SMILES string of the molecule is O=C(CN(Cc1ccccc1)Cc1ccccc1)N[C@@H](CO)c1ccccc1. The van der Waals surface area contributed by atoms with Gasteiger partial charge in [-0.25, -0.2) is 0 Å². The summed E-state index contributed by atoms with van der Waals surface area (Å²) in [6.45, 7) is 1.48. The number of nitrogens with zero attached hydrogens (tertiary/aromatic N) is 1. The van der Waals surface area contributed by atoms with E-state index in [0.29, 0.717) is 13.1 Å². The highest BCUT2D eigenvalue weighted by atomic mass is 16.3. The molecule has 28 heavy (non-hydrogen) atoms. The fraction of sp³-hybridized carbons (Fsp3) is 0.208. The number of nitrogens with one attached hydrogen (secondary N) is 1. The fourth-order valence-electron chi connectivity index (χ4n) is 3.21. The number of benzene rings is 3. The van der Waals surface area contributed by atoms with E-state index in [1.165, 1.54) is 0 Å². The quantitative estimate of drug-likeness (QED) is 0.602. The molecular weight excluding hydrogens is 348 g/mol. The van der Waals surface area contributed by atoms with Crippen molar-refractivity contribution in [3.8, 4) is 0 Å². The summed E-state index contributed by atoms with van der Waals surface area (Å²) in [4.78, 5) is 14.8. The van der Waals surface area contributed by atoms with Gasteiger partial charge in [-0.2, -0.15) is 0 Å². The molecule has 0 aromatic heterocycles. The number of aliphatic hydroxyl groups is 1. The van der Waals surface area contributed by atoms with Crippen molar-refractivity contribution < 1.29 is 9.90 Å². The molecule has 0 saturated heterocycles. The Bertz CT molecular complexity index is 797. The number of hydrogen-bond acceptors (Lipinski definition) is 3. The Morgan fingerprint density at radius 3 is 1.71 bits per heavy atom. The summed E-state index contributed by atoms with van der Waals surface area (Å²) in [6, 6.07) is 29.4. The van der Waals surface area contributed by atoms with E-state index in [2.05, 4.69) is 34.5 Å². The van der Waals surface area contributed by atoms with Crippen LogP contribution in [0.15, 0.2) is 91.0 Å². The standard InChI is InChI=1S/C24H26N2O2/c27-19-23(22-14-8-3-9-15-22)25-24(28)18-26(16-20-10-4-1-5-11-20)17-21-12-6-2-7-13-21/h1-15,23,27H,16-19H2,(H,25,28)/t23-/m0/s1. The molecule has 1 amide bonds. The summed E-state index contributed by atoms with van der Waals surface area (Å²) in [5.41, 5.74) is 3.22. The minimum Gasteiger partial charge on any atom is -0.394 e. The molecule has 4 nitrogen and oxygen atoms in total. The van der Waals surface area contributed by atoms with Gasteiger partial charge < -0.3 is 10.4 Å². The molecule has 0 aliphatic carbocycles. The molecule has 0 bridgehead atoms. The first-order valence-corrected chi connectivity index (χ1v) is 9.50. The third-order valence-electron chi connectivity index (χ3n) is 4.58. The largest absolute Gasteiger partial charge is 0.394 e. The summed E-state index contributed by atoms with van der Waals surface area (Å²) in [5.74, 6) is -0.102. The Labute approximate surface area is 166 Å². The van der Waals surface area contributed by atoms with Crippen LogP contribution in [-0.4, -0.2) is 29.1 Å². The van der Waals surface area contributed by atoms with Crippen LogP contribution < -0.4 is 5.32 Å². The van der Waals surface area contributed by atoms with Crippen LogP contribution in [0.4, 0.5) is 0 Å². The van der Waals surface area contributed by atoms with E-state index in [9.17, 15) is 9.90 Å². The van der Waals surface area contributed by atoms with E-state index in [1.54, 1.807) is 0 Å². The van der Waals surface area contributed by atoms with E-state index in [4.69, 9.17) is 0 Å². The Kier molecular flexibility index (Phi) is 7.36. The zero-order chi connectivity index (χ0) is 19.6. The van der Waals surface area contributed by atoms with Crippen molar-refractivity contribution in [2.45, 2.75) is 19.1 Å². The first-order chi connectivity index (χ1) is 13.7. The van der Waals surface area contributed by atoms with Crippen molar-refractivity contribution >= 4 is 5.91 Å². The van der Waals surface area contributed by atoms with Crippen molar-refractivity contribution in [1.29, 1.82) is 0 Å². The highest BCUT2D eigenvalue weighted by Gasteiger charge is 2.17. The van der Waals surface area contributed by atoms with Gasteiger partial charge in [-0.05, 0) is 16.7 Å². The van der Waals surface area contributed by atoms with Crippen LogP contribution >= 0.6 is 0 Å². The molecular formula is C24H26N2O2. The van der Waals surface area contributed by atoms with Gasteiger partial charge in [0.1, 0.15) is 0 Å². The van der Waals surface area contributed by atoms with Gasteiger partial charge in [0.2, 0.25) is 5.91 Å². The molecule has 0 aliphatic heterocycles. The molecule has 3 aromatic carbocycles. The monoisotopic (exact) mass is 374 g/mol. The number of rotatable bonds is 9. The fourth-order valence-corrected chi connectivity index (χ4v) is 3.21. The van der Waals surface area contributed by atoms with Gasteiger partial charge in [0, 0.05) is 13.1 Å². The first-order valence-electron chi connectivity index (χ1n) is 9.50. The van der Waals surface area contributed by atoms with Crippen molar-refractivity contribution in [2.75, 3.05) is 13.2 Å². The van der Waals surface area contributed by atoms with Crippen molar-refractivity contribution in [1.82, 2.24) is 10.2 Å². The van der Waals surface area contributed by atoms with E-state index >= 15 is 0 Å². The van der Waals surface area contributed by atoms with E-state index in [0.717, 1.165) is 16.7 Å². The number of carbonyl (C=O) groups excluding carboxylic acids is 1. The lowest BCUT2D eigenvalue weighted by molar-refractivity contribution is -0.123. The van der Waals surface area contributed by atoms with Crippen LogP contribution in [0.2, 0.25) is 0 Å². The second kappa shape index (κ2) is 10.4. The molecule has 0 spiro atoms. The Morgan fingerprint density at radius 1 is 0.786 bits per heavy atom. The highest BCUT2D eigenvalue weighted by Crippen LogP contribution is 2.13. The van der Waals surface area contributed by atoms with Crippen molar-refractivity contribution in [3.63, 3.8) is 0 Å². The maximum Gasteiger partial charge on any atom is 0.234 e. The van der Waals surface area contributed by atoms with Gasteiger partial charge in [-0.15, -0.1) is 0 Å². The Hall–Kier alpha value is -2.95. The predicted molar refractivity (Wildman–Crippen MR) is 111 cm³/mol. The summed E-state index contributed by atoms with van der Waals surface area (Å²) in [7, 11) is 0. The van der Waals surface area contributed by atoms with Crippen molar-refractivity contribution in [2.24, 2.45) is 0 Å². The first kappa shape index (κ1) is 19.8. The molecule has 0 fully saturated rings. The lowest BCUT2D eigenvalue weighted by Crippen LogP contribution is -2.39. The van der Waals surface area contributed by atoms with Crippen LogP contribution in [0.3, 0.4) is 0 Å². The van der Waals surface area contributed by atoms with E-state index in [-0.39, 0.29) is 19.1 Å². The van der Waals surface area contributed by atoms with Gasteiger partial charge in [0.25, 0.3) is 0 Å². The molecule has 3 rings (SSSR count). The zero-order valence-electron chi connectivity index (χ0n) is 15.9. The summed E-state index contributed by atoms with van der Waals surface area (Å²) < 4.78 is 0. The summed E-state index contributed by atoms with van der Waals surface area (Å²) in [5, 5.41) is 12.7. The van der Waals surface area contributed by atoms with Crippen molar-refractivity contribution in [3.05, 3.63) is 108 Å². The Morgan fingerprint density at radius 2 is 1.25 bits per heavy atom. The van der Waals surface area contributed by atoms with E-state index < -0.39 is 6.04 Å². The third-order valence-corrected chi connectivity index (χ3v) is 4.58. The van der Waals surface area contributed by atoms with Gasteiger partial charge in [-0.1, -0.05) is 91.0 Å². The zero-order valence-corrected chi connectivity index (χ0v) is 15.9. The molecule has 2 N–H and O–H groups in total. The van der Waals surface area contributed by atoms with Crippen LogP contribution in [-0.2, 0) is 17.9 Å². The minimum atomic E-state index is -0.399. The third kappa shape index (κ3) is 6.05. The summed E-state index contributed by atoms with van der Waals surface area (Å²) >= 11 is 0. The average molecular weight is 374 g/mol. The molecule has 0 radical (unpaired) electrons. The number of hydrogen-bond donors (Lipinski definition) is 2. The molecule has 1 atom stereocenters. The molecule has 0 aliphatic rings. The minimum absolute atomic E-state index is 0.102. The van der Waals surface area contributed by atoms with Crippen LogP contribution in [0, 0.1) is 0 Å². The Balaban J connectivity index is 1.67. The average Bonchev–Trinajstić information content (AvgIpc) is 2.74.